The summed E-state index contributed by atoms with van der Waals surface area (Å²) in [7, 11) is -4.86. The normalized spacial score (nSPS) is 28.7. The van der Waals surface area contributed by atoms with Gasteiger partial charge in [0.15, 0.2) is 0 Å². The van der Waals surface area contributed by atoms with Crippen LogP contribution in [0.5, 0.6) is 5.75 Å². The number of pyridine rings is 2. The van der Waals surface area contributed by atoms with E-state index in [0.29, 0.717) is 5.56 Å². The lowest BCUT2D eigenvalue weighted by Gasteiger charge is -2.38. The van der Waals surface area contributed by atoms with Gasteiger partial charge in [-0.25, -0.2) is 0 Å². The first-order valence-corrected chi connectivity index (χ1v) is 9.37. The molecule has 11 heteroatoms. The maximum atomic E-state index is 11.3. The maximum absolute atomic E-state index is 11.3. The summed E-state index contributed by atoms with van der Waals surface area (Å²) in [6.07, 6.45) is -1.21. The highest BCUT2D eigenvalue weighted by Gasteiger charge is 2.50. The lowest BCUT2D eigenvalue weighted by molar-refractivity contribution is -0.254. The molecule has 1 fully saturated rings. The van der Waals surface area contributed by atoms with Gasteiger partial charge in [-0.2, -0.15) is 8.42 Å². The number of hydrogen-bond acceptors (Lipinski definition) is 9. The topological polar surface area (TPSA) is 159 Å². The van der Waals surface area contributed by atoms with Gasteiger partial charge in [-0.3, -0.25) is 14.5 Å². The smallest absolute Gasteiger partial charge is 0.295 e. The van der Waals surface area contributed by atoms with Crippen molar-refractivity contribution in [3.8, 4) is 16.9 Å². The summed E-state index contributed by atoms with van der Waals surface area (Å²) in [6, 6.07) is 3.35. The average Bonchev–Trinajstić information content (AvgIpc) is 2.62. The Morgan fingerprint density at radius 1 is 1.07 bits per heavy atom. The molecule has 1 aliphatic rings. The van der Waals surface area contributed by atoms with E-state index < -0.39 is 40.2 Å². The first kappa shape index (κ1) is 19.6. The van der Waals surface area contributed by atoms with E-state index in [1.807, 2.05) is 6.92 Å². The largest absolute Gasteiger partial charge is 0.460 e. The van der Waals surface area contributed by atoms with E-state index in [-0.39, 0.29) is 5.75 Å². The van der Waals surface area contributed by atoms with Crippen LogP contribution in [0.25, 0.3) is 11.1 Å². The van der Waals surface area contributed by atoms with Crippen LogP contribution in [-0.2, 0) is 14.9 Å². The molecule has 2 aromatic rings. The number of nitrogens with zero attached hydrogens (tertiary/aromatic N) is 2. The zero-order valence-electron chi connectivity index (χ0n) is 14.1. The SMILES string of the molecule is Cc1cnccc1-c1cncc(O[C@@H]2OC(S(=O)(=O)O)[C@@H](O)[C@H](O)[C@H]2O)c1. The van der Waals surface area contributed by atoms with Crippen LogP contribution < -0.4 is 4.74 Å². The van der Waals surface area contributed by atoms with Crippen LogP contribution in [0.15, 0.2) is 36.9 Å². The number of aryl methyl sites for hydroxylation is 1. The molecule has 10 nitrogen and oxygen atoms in total. The zero-order chi connectivity index (χ0) is 19.8. The van der Waals surface area contributed by atoms with Gasteiger partial charge in [0.2, 0.25) is 11.7 Å². The molecule has 3 heterocycles. The highest BCUT2D eigenvalue weighted by Crippen LogP contribution is 2.29. The van der Waals surface area contributed by atoms with Gasteiger partial charge in [-0.1, -0.05) is 0 Å². The molecule has 0 radical (unpaired) electrons. The number of rotatable bonds is 4. The van der Waals surface area contributed by atoms with E-state index in [4.69, 9.17) is 14.0 Å². The molecular weight excluding hydrogens is 380 g/mol. The molecule has 1 saturated heterocycles. The van der Waals surface area contributed by atoms with Gasteiger partial charge >= 0.3 is 0 Å². The summed E-state index contributed by atoms with van der Waals surface area (Å²) in [5, 5.41) is 29.6. The number of aromatic nitrogens is 2. The molecule has 0 aromatic carbocycles. The Morgan fingerprint density at radius 2 is 1.81 bits per heavy atom. The molecule has 0 aliphatic carbocycles. The molecular formula is C16H18N2O8S. The fourth-order valence-corrected chi connectivity index (χ4v) is 3.49. The lowest BCUT2D eigenvalue weighted by atomic mass is 10.0. The second-order valence-electron chi connectivity index (χ2n) is 6.08. The van der Waals surface area contributed by atoms with Crippen molar-refractivity contribution >= 4 is 10.1 Å². The van der Waals surface area contributed by atoms with Crippen LogP contribution in [0.1, 0.15) is 5.56 Å². The summed E-state index contributed by atoms with van der Waals surface area (Å²) in [6.45, 7) is 1.86. The molecule has 146 valence electrons. The van der Waals surface area contributed by atoms with Gasteiger partial charge in [-0.15, -0.1) is 0 Å². The molecule has 0 bridgehead atoms. The quantitative estimate of drug-likeness (QED) is 0.494. The minimum absolute atomic E-state index is 0.116. The molecule has 2 aromatic heterocycles. The van der Waals surface area contributed by atoms with Crippen molar-refractivity contribution in [3.63, 3.8) is 0 Å². The zero-order valence-corrected chi connectivity index (χ0v) is 14.9. The third-order valence-electron chi connectivity index (χ3n) is 4.12. The third-order valence-corrected chi connectivity index (χ3v) is 5.09. The van der Waals surface area contributed by atoms with Gasteiger partial charge in [0.05, 0.1) is 6.20 Å². The van der Waals surface area contributed by atoms with Gasteiger partial charge in [0.25, 0.3) is 10.1 Å². The first-order chi connectivity index (χ1) is 12.7. The first-order valence-electron chi connectivity index (χ1n) is 7.87. The maximum Gasteiger partial charge on any atom is 0.295 e. The molecule has 0 saturated carbocycles. The van der Waals surface area contributed by atoms with Gasteiger partial charge < -0.3 is 24.8 Å². The predicted molar refractivity (Wildman–Crippen MR) is 91.1 cm³/mol. The van der Waals surface area contributed by atoms with Crippen molar-refractivity contribution in [1.82, 2.24) is 9.97 Å². The highest BCUT2D eigenvalue weighted by molar-refractivity contribution is 7.86. The molecule has 5 atom stereocenters. The Kier molecular flexibility index (Phi) is 5.42. The molecule has 4 N–H and O–H groups in total. The minimum Gasteiger partial charge on any atom is -0.460 e. The van der Waals surface area contributed by atoms with Gasteiger partial charge in [0, 0.05) is 24.2 Å². The Balaban J connectivity index is 1.86. The van der Waals surface area contributed by atoms with Crippen LogP contribution in [0, 0.1) is 6.92 Å². The standard InChI is InChI=1S/C16H18N2O8S/c1-8-5-17-3-2-11(8)9-4-10(7-18-6-9)25-15-13(20)12(19)14(21)16(26-15)27(22,23)24/h2-7,12-16,19-21H,1H3,(H,22,23,24)/t12-,13-,14+,15-,16?/m1/s1. The monoisotopic (exact) mass is 398 g/mol. The summed E-state index contributed by atoms with van der Waals surface area (Å²) >= 11 is 0. The lowest BCUT2D eigenvalue weighted by Crippen LogP contribution is -2.61. The molecule has 0 spiro atoms. The molecule has 27 heavy (non-hydrogen) atoms. The number of ether oxygens (including phenoxy) is 2. The Labute approximate surface area is 154 Å². The van der Waals surface area contributed by atoms with Crippen LogP contribution in [-0.4, -0.2) is 68.3 Å². The molecule has 0 amide bonds. The van der Waals surface area contributed by atoms with Crippen molar-refractivity contribution in [2.45, 2.75) is 37.0 Å². The van der Waals surface area contributed by atoms with Crippen LogP contribution >= 0.6 is 0 Å². The molecule has 3 rings (SSSR count). The highest BCUT2D eigenvalue weighted by atomic mass is 32.2. The van der Waals surface area contributed by atoms with Gasteiger partial charge in [0.1, 0.15) is 24.1 Å². The van der Waals surface area contributed by atoms with Crippen molar-refractivity contribution in [2.24, 2.45) is 0 Å². The fourth-order valence-electron chi connectivity index (χ4n) is 2.72. The summed E-state index contributed by atoms with van der Waals surface area (Å²) < 4.78 is 42.2. The van der Waals surface area contributed by atoms with Gasteiger partial charge in [-0.05, 0) is 30.2 Å². The van der Waals surface area contributed by atoms with Crippen molar-refractivity contribution in [1.29, 1.82) is 0 Å². The summed E-state index contributed by atoms with van der Waals surface area (Å²) in [5.41, 5.74) is 0.221. The Hall–Kier alpha value is -2.15. The van der Waals surface area contributed by atoms with E-state index >= 15 is 0 Å². The van der Waals surface area contributed by atoms with E-state index in [0.717, 1.165) is 11.1 Å². The Bertz CT molecular complexity index is 922. The number of hydrogen-bond donors (Lipinski definition) is 4. The molecule has 1 unspecified atom stereocenters. The third kappa shape index (κ3) is 4.08. The van der Waals surface area contributed by atoms with Crippen molar-refractivity contribution in [2.75, 3.05) is 0 Å². The van der Waals surface area contributed by atoms with Crippen LogP contribution in [0.3, 0.4) is 0 Å². The predicted octanol–water partition coefficient (Wildman–Crippen LogP) is -0.516. The summed E-state index contributed by atoms with van der Waals surface area (Å²) in [4.78, 5) is 8.04. The van der Waals surface area contributed by atoms with Crippen LogP contribution in [0.4, 0.5) is 0 Å². The van der Waals surface area contributed by atoms with E-state index in [2.05, 4.69) is 9.97 Å². The van der Waals surface area contributed by atoms with E-state index in [1.54, 1.807) is 30.7 Å². The second-order valence-corrected chi connectivity index (χ2v) is 7.57. The minimum atomic E-state index is -4.86. The second kappa shape index (κ2) is 7.46. The van der Waals surface area contributed by atoms with Crippen molar-refractivity contribution in [3.05, 3.63) is 42.5 Å². The number of aliphatic hydroxyl groups is 3. The Morgan fingerprint density at radius 3 is 2.48 bits per heavy atom. The fraction of sp³-hybridized carbons (Fsp3) is 0.375. The van der Waals surface area contributed by atoms with E-state index in [1.165, 1.54) is 6.20 Å². The van der Waals surface area contributed by atoms with Crippen molar-refractivity contribution < 1.29 is 37.8 Å². The van der Waals surface area contributed by atoms with Crippen LogP contribution in [0.2, 0.25) is 0 Å². The van der Waals surface area contributed by atoms with E-state index in [9.17, 15) is 23.7 Å². The number of aliphatic hydroxyl groups excluding tert-OH is 3. The average molecular weight is 398 g/mol. The molecule has 1 aliphatic heterocycles. The summed E-state index contributed by atoms with van der Waals surface area (Å²) in [5.74, 6) is 0.116.